The summed E-state index contributed by atoms with van der Waals surface area (Å²) in [5.74, 6) is -2.33. The van der Waals surface area contributed by atoms with Crippen LogP contribution in [0.15, 0.2) is 23.1 Å². The van der Waals surface area contributed by atoms with Crippen molar-refractivity contribution in [2.75, 3.05) is 13.7 Å². The van der Waals surface area contributed by atoms with Gasteiger partial charge in [0.25, 0.3) is 0 Å². The van der Waals surface area contributed by atoms with Gasteiger partial charge in [0.1, 0.15) is 0 Å². The van der Waals surface area contributed by atoms with Crippen molar-refractivity contribution in [1.82, 2.24) is 4.31 Å². The molecule has 0 bridgehead atoms. The molecule has 0 radical (unpaired) electrons. The molecule has 0 saturated carbocycles. The van der Waals surface area contributed by atoms with Gasteiger partial charge in [-0.15, -0.1) is 0 Å². The molecule has 1 aliphatic heterocycles. The first-order chi connectivity index (χ1) is 11.2. The second kappa shape index (κ2) is 6.90. The SMILES string of the molecule is COC(=O)c1cc(S(=O)(=O)N2CC(C(=O)O)CCC2C)ccc1C. The average molecular weight is 355 g/mol. The van der Waals surface area contributed by atoms with Crippen LogP contribution >= 0.6 is 0 Å². The Morgan fingerprint density at radius 2 is 1.96 bits per heavy atom. The Morgan fingerprint density at radius 3 is 2.54 bits per heavy atom. The molecule has 0 aromatic heterocycles. The molecule has 24 heavy (non-hydrogen) atoms. The van der Waals surface area contributed by atoms with Gasteiger partial charge in [-0.3, -0.25) is 4.79 Å². The number of ether oxygens (including phenoxy) is 1. The van der Waals surface area contributed by atoms with Gasteiger partial charge in [-0.1, -0.05) is 6.07 Å². The fourth-order valence-electron chi connectivity index (χ4n) is 2.84. The Labute approximate surface area is 141 Å². The number of carbonyl (C=O) groups excluding carboxylic acids is 1. The molecule has 1 heterocycles. The number of rotatable bonds is 4. The largest absolute Gasteiger partial charge is 0.481 e. The predicted molar refractivity (Wildman–Crippen MR) is 86.2 cm³/mol. The lowest BCUT2D eigenvalue weighted by atomic mass is 9.96. The van der Waals surface area contributed by atoms with Crippen LogP contribution in [0.5, 0.6) is 0 Å². The summed E-state index contributed by atoms with van der Waals surface area (Å²) in [5, 5.41) is 9.18. The van der Waals surface area contributed by atoms with E-state index in [4.69, 9.17) is 0 Å². The van der Waals surface area contributed by atoms with Crippen LogP contribution in [0.25, 0.3) is 0 Å². The minimum Gasteiger partial charge on any atom is -0.481 e. The summed E-state index contributed by atoms with van der Waals surface area (Å²) in [7, 11) is -2.67. The van der Waals surface area contributed by atoms with E-state index in [9.17, 15) is 23.1 Å². The molecule has 132 valence electrons. The lowest BCUT2D eigenvalue weighted by Crippen LogP contribution is -2.47. The number of hydrogen-bond donors (Lipinski definition) is 1. The molecule has 0 spiro atoms. The van der Waals surface area contributed by atoms with Gasteiger partial charge in [0.2, 0.25) is 10.0 Å². The van der Waals surface area contributed by atoms with Crippen molar-refractivity contribution in [2.45, 2.75) is 37.6 Å². The van der Waals surface area contributed by atoms with E-state index in [1.54, 1.807) is 19.9 Å². The smallest absolute Gasteiger partial charge is 0.338 e. The summed E-state index contributed by atoms with van der Waals surface area (Å²) in [5.41, 5.74) is 0.786. The number of aryl methyl sites for hydroxylation is 1. The van der Waals surface area contributed by atoms with E-state index in [-0.39, 0.29) is 23.0 Å². The van der Waals surface area contributed by atoms with E-state index in [0.717, 1.165) is 0 Å². The van der Waals surface area contributed by atoms with E-state index >= 15 is 0 Å². The number of methoxy groups -OCH3 is 1. The fourth-order valence-corrected chi connectivity index (χ4v) is 4.57. The topological polar surface area (TPSA) is 101 Å². The van der Waals surface area contributed by atoms with E-state index in [1.165, 1.54) is 23.5 Å². The first-order valence-electron chi connectivity index (χ1n) is 7.62. The molecular formula is C16H21NO6S. The summed E-state index contributed by atoms with van der Waals surface area (Å²) < 4.78 is 31.7. The number of hydrogen-bond acceptors (Lipinski definition) is 5. The molecule has 8 heteroatoms. The lowest BCUT2D eigenvalue weighted by Gasteiger charge is -2.35. The second-order valence-corrected chi connectivity index (χ2v) is 7.90. The highest BCUT2D eigenvalue weighted by molar-refractivity contribution is 7.89. The highest BCUT2D eigenvalue weighted by atomic mass is 32.2. The van der Waals surface area contributed by atoms with Gasteiger partial charge in [-0.25, -0.2) is 13.2 Å². The van der Waals surface area contributed by atoms with E-state index < -0.39 is 27.9 Å². The maximum atomic E-state index is 12.9. The van der Waals surface area contributed by atoms with Gasteiger partial charge in [0, 0.05) is 12.6 Å². The Morgan fingerprint density at radius 1 is 1.29 bits per heavy atom. The third kappa shape index (κ3) is 3.44. The maximum absolute atomic E-state index is 12.9. The highest BCUT2D eigenvalue weighted by Crippen LogP contribution is 2.29. The number of nitrogens with zero attached hydrogens (tertiary/aromatic N) is 1. The van der Waals surface area contributed by atoms with Crippen molar-refractivity contribution in [2.24, 2.45) is 5.92 Å². The minimum atomic E-state index is -3.90. The fraction of sp³-hybridized carbons (Fsp3) is 0.500. The van der Waals surface area contributed by atoms with E-state index in [2.05, 4.69) is 4.74 Å². The number of carboxylic acids is 1. The van der Waals surface area contributed by atoms with Gasteiger partial charge in [0.15, 0.2) is 0 Å². The van der Waals surface area contributed by atoms with Gasteiger partial charge in [0.05, 0.1) is 23.5 Å². The third-order valence-corrected chi connectivity index (χ3v) is 6.37. The Hall–Kier alpha value is -1.93. The van der Waals surface area contributed by atoms with Crippen LogP contribution in [0, 0.1) is 12.8 Å². The molecule has 1 N–H and O–H groups in total. The molecule has 1 saturated heterocycles. The van der Waals surface area contributed by atoms with Gasteiger partial charge in [-0.2, -0.15) is 4.31 Å². The van der Waals surface area contributed by atoms with Gasteiger partial charge < -0.3 is 9.84 Å². The summed E-state index contributed by atoms with van der Waals surface area (Å²) in [6.07, 6.45) is 0.926. The lowest BCUT2D eigenvalue weighted by molar-refractivity contribution is -0.143. The molecule has 1 aromatic carbocycles. The summed E-state index contributed by atoms with van der Waals surface area (Å²) >= 11 is 0. The quantitative estimate of drug-likeness (QED) is 0.824. The molecule has 0 aliphatic carbocycles. The normalized spacial score (nSPS) is 22.1. The Balaban J connectivity index is 2.42. The molecule has 0 amide bonds. The predicted octanol–water partition coefficient (Wildman–Crippen LogP) is 1.66. The number of sulfonamides is 1. The van der Waals surface area contributed by atoms with Crippen molar-refractivity contribution in [1.29, 1.82) is 0 Å². The summed E-state index contributed by atoms with van der Waals surface area (Å²) in [6.45, 7) is 3.37. The second-order valence-electron chi connectivity index (χ2n) is 6.00. The summed E-state index contributed by atoms with van der Waals surface area (Å²) in [6, 6.07) is 3.96. The van der Waals surface area contributed by atoms with Crippen LogP contribution in [-0.2, 0) is 19.6 Å². The number of esters is 1. The average Bonchev–Trinajstić information content (AvgIpc) is 2.54. The van der Waals surface area contributed by atoms with Crippen molar-refractivity contribution < 1.29 is 27.9 Å². The third-order valence-electron chi connectivity index (χ3n) is 4.40. The monoisotopic (exact) mass is 355 g/mol. The number of carboxylic acid groups (broad SMARTS) is 1. The molecule has 1 aliphatic rings. The zero-order chi connectivity index (χ0) is 18.1. The van der Waals surface area contributed by atoms with Crippen molar-refractivity contribution in [3.8, 4) is 0 Å². The molecule has 2 rings (SSSR count). The van der Waals surface area contributed by atoms with E-state index in [0.29, 0.717) is 18.4 Å². The maximum Gasteiger partial charge on any atom is 0.338 e. The van der Waals surface area contributed by atoms with Crippen LogP contribution < -0.4 is 0 Å². The van der Waals surface area contributed by atoms with E-state index in [1.807, 2.05) is 0 Å². The molecule has 2 unspecified atom stereocenters. The molecular weight excluding hydrogens is 334 g/mol. The molecule has 7 nitrogen and oxygen atoms in total. The van der Waals surface area contributed by atoms with Crippen molar-refractivity contribution in [3.05, 3.63) is 29.3 Å². The van der Waals surface area contributed by atoms with Crippen molar-refractivity contribution in [3.63, 3.8) is 0 Å². The van der Waals surface area contributed by atoms with Crippen molar-refractivity contribution >= 4 is 22.0 Å². The molecule has 1 fully saturated rings. The Bertz CT molecular complexity index is 758. The number of benzene rings is 1. The summed E-state index contributed by atoms with van der Waals surface area (Å²) in [4.78, 5) is 23.0. The zero-order valence-corrected chi connectivity index (χ0v) is 14.7. The number of aliphatic carboxylic acids is 1. The Kier molecular flexibility index (Phi) is 5.29. The van der Waals surface area contributed by atoms with Crippen LogP contribution in [0.2, 0.25) is 0 Å². The molecule has 2 atom stereocenters. The first-order valence-corrected chi connectivity index (χ1v) is 9.06. The van der Waals surface area contributed by atoms with Gasteiger partial charge >= 0.3 is 11.9 Å². The first kappa shape index (κ1) is 18.4. The number of piperidine rings is 1. The standard InChI is InChI=1S/C16H21NO6S/c1-10-4-7-13(8-14(10)16(20)23-3)24(21,22)17-9-12(15(18)19)6-5-11(17)2/h4,7-8,11-12H,5-6,9H2,1-3H3,(H,18,19). The zero-order valence-electron chi connectivity index (χ0n) is 13.9. The highest BCUT2D eigenvalue weighted by Gasteiger charge is 2.37. The van der Waals surface area contributed by atoms with Crippen LogP contribution in [0.1, 0.15) is 35.7 Å². The van der Waals surface area contributed by atoms with Crippen LogP contribution in [-0.4, -0.2) is 49.5 Å². The molecule has 1 aromatic rings. The van der Waals surface area contributed by atoms with Gasteiger partial charge in [-0.05, 0) is 44.4 Å². The number of carbonyl (C=O) groups is 2. The minimum absolute atomic E-state index is 0.0358. The van der Waals surface area contributed by atoms with Crippen LogP contribution in [0.4, 0.5) is 0 Å². The van der Waals surface area contributed by atoms with Crippen LogP contribution in [0.3, 0.4) is 0 Å².